The lowest BCUT2D eigenvalue weighted by Gasteiger charge is -2.38. The summed E-state index contributed by atoms with van der Waals surface area (Å²) in [6, 6.07) is 6.11. The van der Waals surface area contributed by atoms with Crippen LogP contribution in [0.4, 0.5) is 0 Å². The lowest BCUT2D eigenvalue weighted by atomic mass is 9.80. The van der Waals surface area contributed by atoms with Crippen LogP contribution in [-0.4, -0.2) is 41.7 Å². The molecule has 0 saturated carbocycles. The fourth-order valence-electron chi connectivity index (χ4n) is 3.18. The van der Waals surface area contributed by atoms with Gasteiger partial charge in [0.1, 0.15) is 11.3 Å². The van der Waals surface area contributed by atoms with Gasteiger partial charge < -0.3 is 19.2 Å². The maximum absolute atomic E-state index is 5.54. The smallest absolute Gasteiger partial charge is 0.178 e. The molecule has 1 aromatic carbocycles. The maximum Gasteiger partial charge on any atom is 0.178 e. The summed E-state index contributed by atoms with van der Waals surface area (Å²) in [6.07, 6.45) is 2.42. The normalized spacial score (nSPS) is 19.0. The summed E-state index contributed by atoms with van der Waals surface area (Å²) in [4.78, 5) is 5.71. The third kappa shape index (κ3) is 2.72. The molecule has 4 nitrogen and oxygen atoms in total. The van der Waals surface area contributed by atoms with E-state index in [1.54, 1.807) is 7.11 Å². The Kier molecular flexibility index (Phi) is 3.80. The van der Waals surface area contributed by atoms with Crippen molar-refractivity contribution < 1.29 is 4.74 Å². The van der Waals surface area contributed by atoms with Crippen LogP contribution >= 0.6 is 12.2 Å². The molecule has 1 aliphatic rings. The van der Waals surface area contributed by atoms with E-state index >= 15 is 0 Å². The molecule has 21 heavy (non-hydrogen) atoms. The number of H-pyrrole nitrogens is 1. The number of hydrogen-bond donors (Lipinski definition) is 1. The highest BCUT2D eigenvalue weighted by Crippen LogP contribution is 2.34. The fraction of sp³-hybridized carbons (Fsp3) is 0.562. The van der Waals surface area contributed by atoms with Gasteiger partial charge >= 0.3 is 0 Å². The van der Waals surface area contributed by atoms with Crippen LogP contribution in [0.15, 0.2) is 18.2 Å². The number of rotatable bonds is 3. The van der Waals surface area contributed by atoms with Crippen LogP contribution in [0.5, 0.6) is 5.75 Å². The Morgan fingerprint density at radius 3 is 2.71 bits per heavy atom. The molecule has 0 radical (unpaired) electrons. The van der Waals surface area contributed by atoms with Crippen molar-refractivity contribution in [1.82, 2.24) is 14.5 Å². The third-order valence-electron chi connectivity index (χ3n) is 4.73. The Hall–Kier alpha value is -1.33. The van der Waals surface area contributed by atoms with Gasteiger partial charge in [0.25, 0.3) is 0 Å². The van der Waals surface area contributed by atoms with E-state index in [9.17, 15) is 0 Å². The molecule has 114 valence electrons. The summed E-state index contributed by atoms with van der Waals surface area (Å²) in [5.41, 5.74) is 2.45. The van der Waals surface area contributed by atoms with Crippen LogP contribution in [0, 0.1) is 10.2 Å². The molecule has 2 aromatic rings. The standard InChI is InChI=1S/C16H23N3OS/c1-16(7-9-18(2)10-8-16)11-19-12-5-4-6-13(20-3)14(12)17-15(19)21/h4-6H,7-11H2,1-3H3,(H,17,21). The molecule has 2 heterocycles. The minimum absolute atomic E-state index is 0.308. The minimum atomic E-state index is 0.308. The Balaban J connectivity index is 1.98. The number of likely N-dealkylation sites (tertiary alicyclic amines) is 1. The summed E-state index contributed by atoms with van der Waals surface area (Å²) < 4.78 is 8.45. The molecule has 1 N–H and O–H groups in total. The number of ether oxygens (including phenoxy) is 1. The molecule has 1 aliphatic heterocycles. The van der Waals surface area contributed by atoms with Crippen molar-refractivity contribution in [2.45, 2.75) is 26.3 Å². The number of methoxy groups -OCH3 is 1. The van der Waals surface area contributed by atoms with E-state index in [1.165, 1.54) is 12.8 Å². The summed E-state index contributed by atoms with van der Waals surface area (Å²) in [5, 5.41) is 0. The van der Waals surface area contributed by atoms with Gasteiger partial charge in [-0.2, -0.15) is 0 Å². The molecule has 5 heteroatoms. The van der Waals surface area contributed by atoms with Crippen LogP contribution < -0.4 is 4.74 Å². The Labute approximate surface area is 130 Å². The zero-order valence-electron chi connectivity index (χ0n) is 13.0. The molecule has 0 bridgehead atoms. The molecule has 3 rings (SSSR count). The molecular formula is C16H23N3OS. The minimum Gasteiger partial charge on any atom is -0.494 e. The highest BCUT2D eigenvalue weighted by molar-refractivity contribution is 7.71. The van der Waals surface area contributed by atoms with Gasteiger partial charge in [-0.1, -0.05) is 13.0 Å². The first-order valence-electron chi connectivity index (χ1n) is 7.46. The quantitative estimate of drug-likeness (QED) is 0.882. The van der Waals surface area contributed by atoms with E-state index < -0.39 is 0 Å². The lowest BCUT2D eigenvalue weighted by molar-refractivity contribution is 0.121. The van der Waals surface area contributed by atoms with E-state index in [2.05, 4.69) is 34.5 Å². The number of aromatic amines is 1. The largest absolute Gasteiger partial charge is 0.494 e. The molecule has 0 unspecified atom stereocenters. The Morgan fingerprint density at radius 1 is 1.33 bits per heavy atom. The van der Waals surface area contributed by atoms with Gasteiger partial charge in [0, 0.05) is 6.54 Å². The van der Waals surface area contributed by atoms with Crippen molar-refractivity contribution in [1.29, 1.82) is 0 Å². The number of aromatic nitrogens is 2. The van der Waals surface area contributed by atoms with Crippen LogP contribution in [-0.2, 0) is 6.54 Å². The van der Waals surface area contributed by atoms with Gasteiger partial charge in [0.2, 0.25) is 0 Å². The Morgan fingerprint density at radius 2 is 2.05 bits per heavy atom. The van der Waals surface area contributed by atoms with E-state index in [0.29, 0.717) is 5.41 Å². The van der Waals surface area contributed by atoms with Crippen LogP contribution in [0.1, 0.15) is 19.8 Å². The second-order valence-electron chi connectivity index (χ2n) is 6.48. The van der Waals surface area contributed by atoms with Crippen molar-refractivity contribution in [2.24, 2.45) is 5.41 Å². The highest BCUT2D eigenvalue weighted by Gasteiger charge is 2.30. The number of piperidine rings is 1. The van der Waals surface area contributed by atoms with E-state index in [0.717, 1.165) is 41.2 Å². The number of nitrogens with one attached hydrogen (secondary N) is 1. The van der Waals surface area contributed by atoms with E-state index in [1.807, 2.05) is 12.1 Å². The van der Waals surface area contributed by atoms with E-state index in [-0.39, 0.29) is 0 Å². The first-order valence-corrected chi connectivity index (χ1v) is 7.87. The maximum atomic E-state index is 5.54. The van der Waals surface area contributed by atoms with Crippen molar-refractivity contribution in [3.8, 4) is 5.75 Å². The average molecular weight is 305 g/mol. The summed E-state index contributed by atoms with van der Waals surface area (Å²) in [6.45, 7) is 5.67. The molecule has 0 atom stereocenters. The molecule has 1 aromatic heterocycles. The summed E-state index contributed by atoms with van der Waals surface area (Å²) in [5.74, 6) is 0.853. The van der Waals surface area contributed by atoms with Crippen molar-refractivity contribution >= 4 is 23.3 Å². The molecule has 1 fully saturated rings. The van der Waals surface area contributed by atoms with Gasteiger partial charge in [-0.25, -0.2) is 0 Å². The Bertz CT molecular complexity index is 695. The number of hydrogen-bond acceptors (Lipinski definition) is 3. The van der Waals surface area contributed by atoms with Gasteiger partial charge in [-0.05, 0) is 62.7 Å². The van der Waals surface area contributed by atoms with Gasteiger partial charge in [0.15, 0.2) is 4.77 Å². The number of imidazole rings is 1. The first-order chi connectivity index (χ1) is 10.0. The fourth-order valence-corrected chi connectivity index (χ4v) is 3.44. The van der Waals surface area contributed by atoms with Gasteiger partial charge in [0.05, 0.1) is 12.6 Å². The van der Waals surface area contributed by atoms with Crippen molar-refractivity contribution in [2.75, 3.05) is 27.2 Å². The van der Waals surface area contributed by atoms with Gasteiger partial charge in [-0.3, -0.25) is 0 Å². The summed E-state index contributed by atoms with van der Waals surface area (Å²) in [7, 11) is 3.89. The van der Waals surface area contributed by atoms with Crippen LogP contribution in [0.2, 0.25) is 0 Å². The second kappa shape index (κ2) is 5.46. The molecule has 0 spiro atoms. The number of para-hydroxylation sites is 1. The first kappa shape index (κ1) is 14.6. The number of benzene rings is 1. The second-order valence-corrected chi connectivity index (χ2v) is 6.87. The molecule has 1 saturated heterocycles. The van der Waals surface area contributed by atoms with Crippen molar-refractivity contribution in [3.05, 3.63) is 23.0 Å². The van der Waals surface area contributed by atoms with Crippen LogP contribution in [0.3, 0.4) is 0 Å². The average Bonchev–Trinajstić information content (AvgIpc) is 2.79. The summed E-state index contributed by atoms with van der Waals surface area (Å²) >= 11 is 5.54. The number of nitrogens with zero attached hydrogens (tertiary/aromatic N) is 2. The predicted molar refractivity (Wildman–Crippen MR) is 88.5 cm³/mol. The van der Waals surface area contributed by atoms with Crippen molar-refractivity contribution in [3.63, 3.8) is 0 Å². The molecule has 0 aliphatic carbocycles. The monoisotopic (exact) mass is 305 g/mol. The topological polar surface area (TPSA) is 33.2 Å². The van der Waals surface area contributed by atoms with Gasteiger partial charge in [-0.15, -0.1) is 0 Å². The molecular weight excluding hydrogens is 282 g/mol. The predicted octanol–water partition coefficient (Wildman–Crippen LogP) is 3.44. The number of fused-ring (bicyclic) bond motifs is 1. The zero-order chi connectivity index (χ0) is 15.0. The lowest BCUT2D eigenvalue weighted by Crippen LogP contribution is -2.38. The third-order valence-corrected chi connectivity index (χ3v) is 5.05. The van der Waals surface area contributed by atoms with E-state index in [4.69, 9.17) is 17.0 Å². The zero-order valence-corrected chi connectivity index (χ0v) is 13.8. The molecule has 0 amide bonds. The van der Waals surface area contributed by atoms with Crippen LogP contribution in [0.25, 0.3) is 11.0 Å². The SMILES string of the molecule is COc1cccc2c1[nH]c(=S)n2CC1(C)CCN(C)CC1. The highest BCUT2D eigenvalue weighted by atomic mass is 32.1.